The molecule has 204 valence electrons. The fourth-order valence-electron chi connectivity index (χ4n) is 5.90. The summed E-state index contributed by atoms with van der Waals surface area (Å²) in [5, 5.41) is 0. The van der Waals surface area contributed by atoms with E-state index >= 15 is 0 Å². The normalized spacial score (nSPS) is 17.7. The number of amides is 2. The summed E-state index contributed by atoms with van der Waals surface area (Å²) in [7, 11) is 0. The SMILES string of the molecule is CCCSc1ccccc1N1CCN(CCCCN2C(=O)CC(c3ccccc3)(c3ccccc3)C2=O)CC1. The molecule has 2 fully saturated rings. The molecule has 2 amide bonds. The maximum atomic E-state index is 13.9. The van der Waals surface area contributed by atoms with Crippen molar-refractivity contribution < 1.29 is 9.59 Å². The van der Waals surface area contributed by atoms with Crippen LogP contribution in [0.4, 0.5) is 5.69 Å². The van der Waals surface area contributed by atoms with Gasteiger partial charge in [0.1, 0.15) is 5.41 Å². The minimum Gasteiger partial charge on any atom is -0.368 e. The van der Waals surface area contributed by atoms with Gasteiger partial charge in [-0.25, -0.2) is 0 Å². The van der Waals surface area contributed by atoms with E-state index in [9.17, 15) is 9.59 Å². The molecule has 3 aromatic rings. The Balaban J connectivity index is 1.15. The van der Waals surface area contributed by atoms with E-state index in [1.54, 1.807) is 0 Å². The minimum atomic E-state index is -0.929. The Morgan fingerprint density at radius 3 is 1.97 bits per heavy atom. The van der Waals surface area contributed by atoms with E-state index in [-0.39, 0.29) is 18.2 Å². The smallest absolute Gasteiger partial charge is 0.244 e. The molecule has 2 aliphatic rings. The number of benzene rings is 3. The molecule has 3 aromatic carbocycles. The largest absolute Gasteiger partial charge is 0.368 e. The lowest BCUT2D eigenvalue weighted by Gasteiger charge is -2.37. The van der Waals surface area contributed by atoms with Crippen LogP contribution in [0, 0.1) is 0 Å². The topological polar surface area (TPSA) is 43.9 Å². The van der Waals surface area contributed by atoms with Crippen LogP contribution in [0.15, 0.2) is 89.8 Å². The number of anilines is 1. The van der Waals surface area contributed by atoms with E-state index in [1.165, 1.54) is 21.9 Å². The number of hydrogen-bond acceptors (Lipinski definition) is 5. The van der Waals surface area contributed by atoms with Crippen LogP contribution in [0.5, 0.6) is 0 Å². The number of rotatable bonds is 11. The van der Waals surface area contributed by atoms with Crippen LogP contribution in [-0.4, -0.2) is 66.6 Å². The number of para-hydroxylation sites is 1. The molecule has 0 radical (unpaired) electrons. The standard InChI is InChI=1S/C33H39N3O2S/c1-2-25-39-30-18-10-9-17-29(30)35-23-21-34(22-24-35)19-11-12-20-36-31(37)26-33(32(36)38,27-13-5-3-6-14-27)28-15-7-4-8-16-28/h3-10,13-18H,2,11-12,19-26H2,1H3. The van der Waals surface area contributed by atoms with Crippen molar-refractivity contribution in [3.8, 4) is 0 Å². The summed E-state index contributed by atoms with van der Waals surface area (Å²) in [6.45, 7) is 7.86. The summed E-state index contributed by atoms with van der Waals surface area (Å²) < 4.78 is 0. The molecule has 0 unspecified atom stereocenters. The fourth-order valence-corrected chi connectivity index (χ4v) is 6.84. The predicted molar refractivity (Wildman–Crippen MR) is 160 cm³/mol. The van der Waals surface area contributed by atoms with Crippen LogP contribution in [0.25, 0.3) is 0 Å². The molecule has 2 saturated heterocycles. The number of unbranched alkanes of at least 4 members (excludes halogenated alkanes) is 1. The average Bonchev–Trinajstić information content (AvgIpc) is 3.25. The van der Waals surface area contributed by atoms with E-state index < -0.39 is 5.41 Å². The Morgan fingerprint density at radius 2 is 1.33 bits per heavy atom. The first-order valence-corrected chi connectivity index (χ1v) is 15.3. The summed E-state index contributed by atoms with van der Waals surface area (Å²) in [5.74, 6) is 0.996. The van der Waals surface area contributed by atoms with E-state index in [0.717, 1.165) is 62.4 Å². The number of carbonyl (C=O) groups is 2. The number of piperazine rings is 1. The van der Waals surface area contributed by atoms with Crippen LogP contribution in [-0.2, 0) is 15.0 Å². The van der Waals surface area contributed by atoms with Crippen molar-refractivity contribution >= 4 is 29.3 Å². The first kappa shape index (κ1) is 27.5. The zero-order valence-corrected chi connectivity index (χ0v) is 23.7. The van der Waals surface area contributed by atoms with E-state index in [2.05, 4.69) is 41.0 Å². The number of nitrogens with zero attached hydrogens (tertiary/aromatic N) is 3. The van der Waals surface area contributed by atoms with Gasteiger partial charge in [0.05, 0.1) is 5.69 Å². The lowest BCUT2D eigenvalue weighted by atomic mass is 9.73. The van der Waals surface area contributed by atoms with E-state index in [0.29, 0.717) is 6.54 Å². The molecular weight excluding hydrogens is 502 g/mol. The van der Waals surface area contributed by atoms with Crippen LogP contribution >= 0.6 is 11.8 Å². The predicted octanol–water partition coefficient (Wildman–Crippen LogP) is 5.84. The molecular formula is C33H39N3O2S. The zero-order chi connectivity index (χ0) is 27.1. The first-order valence-electron chi connectivity index (χ1n) is 14.3. The second-order valence-electron chi connectivity index (χ2n) is 10.5. The summed E-state index contributed by atoms with van der Waals surface area (Å²) in [6, 6.07) is 28.4. The van der Waals surface area contributed by atoms with Crippen LogP contribution in [0.3, 0.4) is 0 Å². The highest BCUT2D eigenvalue weighted by molar-refractivity contribution is 7.99. The highest BCUT2D eigenvalue weighted by atomic mass is 32.2. The van der Waals surface area contributed by atoms with E-state index in [1.807, 2.05) is 72.4 Å². The minimum absolute atomic E-state index is 0.0686. The summed E-state index contributed by atoms with van der Waals surface area (Å²) in [6.07, 6.45) is 3.18. The third kappa shape index (κ3) is 5.92. The quantitative estimate of drug-likeness (QED) is 0.173. The Kier molecular flexibility index (Phi) is 9.05. The Morgan fingerprint density at radius 1 is 0.744 bits per heavy atom. The lowest BCUT2D eigenvalue weighted by molar-refractivity contribution is -0.139. The third-order valence-electron chi connectivity index (χ3n) is 8.01. The van der Waals surface area contributed by atoms with Crippen molar-refractivity contribution in [3.63, 3.8) is 0 Å². The lowest BCUT2D eigenvalue weighted by Crippen LogP contribution is -2.47. The molecule has 0 aromatic heterocycles. The van der Waals surface area contributed by atoms with Crippen molar-refractivity contribution in [2.45, 2.75) is 42.9 Å². The number of hydrogen-bond donors (Lipinski definition) is 0. The Bertz CT molecular complexity index is 1200. The molecule has 2 aliphatic heterocycles. The second kappa shape index (κ2) is 12.8. The van der Waals surface area contributed by atoms with Crippen LogP contribution < -0.4 is 4.90 Å². The highest BCUT2D eigenvalue weighted by Crippen LogP contribution is 2.42. The van der Waals surface area contributed by atoms with Gasteiger partial charge in [0.2, 0.25) is 11.8 Å². The number of thioether (sulfide) groups is 1. The van der Waals surface area contributed by atoms with Crippen molar-refractivity contribution in [2.75, 3.05) is 49.9 Å². The number of likely N-dealkylation sites (tertiary alicyclic amines) is 1. The van der Waals surface area contributed by atoms with Crippen molar-refractivity contribution in [2.24, 2.45) is 0 Å². The maximum Gasteiger partial charge on any atom is 0.244 e. The van der Waals surface area contributed by atoms with Crippen molar-refractivity contribution in [3.05, 3.63) is 96.1 Å². The molecule has 0 bridgehead atoms. The molecule has 0 spiro atoms. The van der Waals surface area contributed by atoms with Gasteiger partial charge in [0.25, 0.3) is 0 Å². The van der Waals surface area contributed by atoms with Gasteiger partial charge < -0.3 is 4.90 Å². The number of carbonyl (C=O) groups excluding carboxylic acids is 2. The van der Waals surface area contributed by atoms with Gasteiger partial charge in [-0.15, -0.1) is 11.8 Å². The molecule has 2 heterocycles. The maximum absolute atomic E-state index is 13.9. The molecule has 39 heavy (non-hydrogen) atoms. The van der Waals surface area contributed by atoms with Crippen LogP contribution in [0.1, 0.15) is 43.7 Å². The molecule has 0 atom stereocenters. The number of imide groups is 1. The summed E-state index contributed by atoms with van der Waals surface area (Å²) in [4.78, 5) is 35.0. The highest BCUT2D eigenvalue weighted by Gasteiger charge is 2.53. The van der Waals surface area contributed by atoms with Gasteiger partial charge in [0, 0.05) is 44.0 Å². The van der Waals surface area contributed by atoms with Gasteiger partial charge in [-0.2, -0.15) is 0 Å². The van der Waals surface area contributed by atoms with Crippen LogP contribution in [0.2, 0.25) is 0 Å². The molecule has 6 heteroatoms. The zero-order valence-electron chi connectivity index (χ0n) is 22.9. The molecule has 0 aliphatic carbocycles. The Hall–Kier alpha value is -3.09. The summed E-state index contributed by atoms with van der Waals surface area (Å²) in [5.41, 5.74) is 2.22. The molecule has 5 rings (SSSR count). The monoisotopic (exact) mass is 541 g/mol. The second-order valence-corrected chi connectivity index (χ2v) is 11.7. The van der Waals surface area contributed by atoms with Gasteiger partial charge in [-0.1, -0.05) is 79.7 Å². The van der Waals surface area contributed by atoms with Gasteiger partial charge in [0.15, 0.2) is 0 Å². The third-order valence-corrected chi connectivity index (χ3v) is 9.28. The van der Waals surface area contributed by atoms with Crippen molar-refractivity contribution in [1.82, 2.24) is 9.80 Å². The van der Waals surface area contributed by atoms with Gasteiger partial charge in [-0.05, 0) is 54.8 Å². The van der Waals surface area contributed by atoms with E-state index in [4.69, 9.17) is 0 Å². The Labute approximate surface area is 237 Å². The average molecular weight is 542 g/mol. The first-order chi connectivity index (χ1) is 19.1. The van der Waals surface area contributed by atoms with Crippen molar-refractivity contribution in [1.29, 1.82) is 0 Å². The molecule has 5 nitrogen and oxygen atoms in total. The molecule has 0 N–H and O–H groups in total. The summed E-state index contributed by atoms with van der Waals surface area (Å²) >= 11 is 1.95. The fraction of sp³-hybridized carbons (Fsp3) is 0.394. The van der Waals surface area contributed by atoms with Gasteiger partial charge in [-0.3, -0.25) is 19.4 Å². The van der Waals surface area contributed by atoms with Gasteiger partial charge >= 0.3 is 0 Å². The molecule has 0 saturated carbocycles.